The molecule has 0 fully saturated rings. The van der Waals surface area contributed by atoms with Crippen LogP contribution in [-0.4, -0.2) is 32.8 Å². The summed E-state index contributed by atoms with van der Waals surface area (Å²) in [5.74, 6) is -1.73. The maximum absolute atomic E-state index is 13.7. The monoisotopic (exact) mass is 342 g/mol. The minimum absolute atomic E-state index is 0.0104. The van der Waals surface area contributed by atoms with Gasteiger partial charge in [-0.2, -0.15) is 0 Å². The summed E-state index contributed by atoms with van der Waals surface area (Å²) in [6.07, 6.45) is 1.55. The molecule has 0 saturated carbocycles. The number of rotatable bonds is 5. The number of carbonyl (C=O) groups excluding carboxylic acids is 1. The fraction of sp³-hybridized carbons (Fsp3) is 0.167. The molecule has 1 amide bonds. The number of halogens is 2. The summed E-state index contributed by atoms with van der Waals surface area (Å²) in [6, 6.07) is 12.9. The normalized spacial score (nSPS) is 10.7. The number of nitrogens with zero attached hydrogens (tertiary/aromatic N) is 4. The summed E-state index contributed by atoms with van der Waals surface area (Å²) in [5, 5.41) is 7.83. The Morgan fingerprint density at radius 1 is 1.16 bits per heavy atom. The van der Waals surface area contributed by atoms with Crippen molar-refractivity contribution >= 4 is 5.91 Å². The Balaban J connectivity index is 1.68. The van der Waals surface area contributed by atoms with Crippen LogP contribution in [0.5, 0.6) is 0 Å². The van der Waals surface area contributed by atoms with E-state index < -0.39 is 11.6 Å². The molecule has 1 heterocycles. The zero-order valence-corrected chi connectivity index (χ0v) is 13.6. The van der Waals surface area contributed by atoms with E-state index in [4.69, 9.17) is 0 Å². The van der Waals surface area contributed by atoms with Gasteiger partial charge in [0.2, 0.25) is 0 Å². The van der Waals surface area contributed by atoms with Gasteiger partial charge in [0, 0.05) is 25.2 Å². The predicted molar refractivity (Wildman–Crippen MR) is 87.7 cm³/mol. The van der Waals surface area contributed by atoms with Crippen LogP contribution in [0.4, 0.5) is 8.78 Å². The third-order valence-electron chi connectivity index (χ3n) is 3.71. The lowest BCUT2D eigenvalue weighted by atomic mass is 10.2. The number of amides is 1. The Labute approximate surface area is 143 Å². The maximum Gasteiger partial charge on any atom is 0.276 e. The summed E-state index contributed by atoms with van der Waals surface area (Å²) in [7, 11) is 1.53. The smallest absolute Gasteiger partial charge is 0.276 e. The Morgan fingerprint density at radius 3 is 2.64 bits per heavy atom. The van der Waals surface area contributed by atoms with E-state index in [0.717, 1.165) is 17.7 Å². The SMILES string of the molecule is CN(Cc1ccc(F)cc1F)C(=O)c1cn(Cc2ccccc2)nn1. The molecule has 5 nitrogen and oxygen atoms in total. The second-order valence-electron chi connectivity index (χ2n) is 5.68. The molecular formula is C18H16F2N4O. The van der Waals surface area contributed by atoms with E-state index in [2.05, 4.69) is 10.3 Å². The number of benzene rings is 2. The van der Waals surface area contributed by atoms with Crippen LogP contribution in [0.1, 0.15) is 21.6 Å². The fourth-order valence-electron chi connectivity index (χ4n) is 2.42. The van der Waals surface area contributed by atoms with Gasteiger partial charge in [0.05, 0.1) is 12.7 Å². The first kappa shape index (κ1) is 16.8. The van der Waals surface area contributed by atoms with Crippen molar-refractivity contribution in [2.24, 2.45) is 0 Å². The molecule has 25 heavy (non-hydrogen) atoms. The largest absolute Gasteiger partial charge is 0.336 e. The average Bonchev–Trinajstić information content (AvgIpc) is 3.06. The van der Waals surface area contributed by atoms with Crippen LogP contribution in [0, 0.1) is 11.6 Å². The van der Waals surface area contributed by atoms with E-state index in [9.17, 15) is 13.6 Å². The van der Waals surface area contributed by atoms with Gasteiger partial charge < -0.3 is 4.90 Å². The summed E-state index contributed by atoms with van der Waals surface area (Å²) < 4.78 is 28.2. The van der Waals surface area contributed by atoms with Gasteiger partial charge in [-0.05, 0) is 11.6 Å². The minimum Gasteiger partial charge on any atom is -0.336 e. The molecular weight excluding hydrogens is 326 g/mol. The van der Waals surface area contributed by atoms with Crippen LogP contribution in [0.15, 0.2) is 54.7 Å². The first-order valence-electron chi connectivity index (χ1n) is 7.66. The standard InChI is InChI=1S/C18H16F2N4O/c1-23(11-14-7-8-15(19)9-16(14)20)18(25)17-12-24(22-21-17)10-13-5-3-2-4-6-13/h2-9,12H,10-11H2,1H3. The highest BCUT2D eigenvalue weighted by atomic mass is 19.1. The topological polar surface area (TPSA) is 51.0 Å². The Morgan fingerprint density at radius 2 is 1.92 bits per heavy atom. The summed E-state index contributed by atoms with van der Waals surface area (Å²) >= 11 is 0. The van der Waals surface area contributed by atoms with Gasteiger partial charge in [-0.15, -0.1) is 5.10 Å². The van der Waals surface area contributed by atoms with E-state index in [1.165, 1.54) is 18.0 Å². The zero-order valence-electron chi connectivity index (χ0n) is 13.6. The first-order chi connectivity index (χ1) is 12.0. The fourth-order valence-corrected chi connectivity index (χ4v) is 2.42. The lowest BCUT2D eigenvalue weighted by Crippen LogP contribution is -2.27. The molecule has 0 aliphatic carbocycles. The van der Waals surface area contributed by atoms with Gasteiger partial charge in [0.1, 0.15) is 11.6 Å². The summed E-state index contributed by atoms with van der Waals surface area (Å²) in [6.45, 7) is 0.508. The van der Waals surface area contributed by atoms with E-state index in [1.54, 1.807) is 10.9 Å². The van der Waals surface area contributed by atoms with Crippen LogP contribution in [0.2, 0.25) is 0 Å². The molecule has 128 valence electrons. The minimum atomic E-state index is -0.688. The van der Waals surface area contributed by atoms with E-state index in [-0.39, 0.29) is 23.7 Å². The van der Waals surface area contributed by atoms with Crippen molar-refractivity contribution in [3.05, 3.63) is 83.2 Å². The van der Waals surface area contributed by atoms with Crippen LogP contribution >= 0.6 is 0 Å². The molecule has 0 N–H and O–H groups in total. The van der Waals surface area contributed by atoms with Gasteiger partial charge in [-0.25, -0.2) is 13.5 Å². The lowest BCUT2D eigenvalue weighted by molar-refractivity contribution is 0.0778. The molecule has 0 unspecified atom stereocenters. The van der Waals surface area contributed by atoms with Crippen LogP contribution in [0.25, 0.3) is 0 Å². The summed E-state index contributed by atoms with van der Waals surface area (Å²) in [4.78, 5) is 13.7. The molecule has 0 aliphatic heterocycles. The third kappa shape index (κ3) is 4.06. The van der Waals surface area contributed by atoms with Crippen molar-refractivity contribution in [1.82, 2.24) is 19.9 Å². The Bertz CT molecular complexity index is 880. The molecule has 2 aromatic carbocycles. The predicted octanol–water partition coefficient (Wildman–Crippen LogP) is 2.88. The Kier molecular flexibility index (Phi) is 4.83. The molecule has 3 aromatic rings. The molecule has 0 aliphatic rings. The van der Waals surface area contributed by atoms with Crippen molar-refractivity contribution in [1.29, 1.82) is 0 Å². The van der Waals surface area contributed by atoms with Crippen molar-refractivity contribution < 1.29 is 13.6 Å². The van der Waals surface area contributed by atoms with Crippen molar-refractivity contribution in [3.8, 4) is 0 Å². The molecule has 0 spiro atoms. The van der Waals surface area contributed by atoms with E-state index in [0.29, 0.717) is 6.54 Å². The van der Waals surface area contributed by atoms with Crippen molar-refractivity contribution in [3.63, 3.8) is 0 Å². The van der Waals surface area contributed by atoms with E-state index >= 15 is 0 Å². The highest BCUT2D eigenvalue weighted by Gasteiger charge is 2.17. The van der Waals surface area contributed by atoms with Gasteiger partial charge in [0.15, 0.2) is 5.69 Å². The second-order valence-corrected chi connectivity index (χ2v) is 5.68. The highest BCUT2D eigenvalue weighted by molar-refractivity contribution is 5.91. The van der Waals surface area contributed by atoms with Gasteiger partial charge in [-0.1, -0.05) is 41.6 Å². The summed E-state index contributed by atoms with van der Waals surface area (Å²) in [5.41, 5.74) is 1.43. The molecule has 0 atom stereocenters. The molecule has 3 rings (SSSR count). The van der Waals surface area contributed by atoms with Crippen molar-refractivity contribution in [2.75, 3.05) is 7.05 Å². The van der Waals surface area contributed by atoms with Gasteiger partial charge >= 0.3 is 0 Å². The van der Waals surface area contributed by atoms with Crippen LogP contribution < -0.4 is 0 Å². The van der Waals surface area contributed by atoms with Crippen molar-refractivity contribution in [2.45, 2.75) is 13.1 Å². The number of aromatic nitrogens is 3. The molecule has 1 aromatic heterocycles. The average molecular weight is 342 g/mol. The molecule has 0 saturated heterocycles. The molecule has 0 bridgehead atoms. The maximum atomic E-state index is 13.7. The Hall–Kier alpha value is -3.09. The molecule has 0 radical (unpaired) electrons. The number of hydrogen-bond donors (Lipinski definition) is 0. The first-order valence-corrected chi connectivity index (χ1v) is 7.66. The molecule has 7 heteroatoms. The zero-order chi connectivity index (χ0) is 17.8. The lowest BCUT2D eigenvalue weighted by Gasteiger charge is -2.16. The second kappa shape index (κ2) is 7.21. The third-order valence-corrected chi connectivity index (χ3v) is 3.71. The van der Waals surface area contributed by atoms with Crippen LogP contribution in [0.3, 0.4) is 0 Å². The van der Waals surface area contributed by atoms with Crippen LogP contribution in [-0.2, 0) is 13.1 Å². The van der Waals surface area contributed by atoms with Gasteiger partial charge in [0.25, 0.3) is 5.91 Å². The van der Waals surface area contributed by atoms with E-state index in [1.807, 2.05) is 30.3 Å². The van der Waals surface area contributed by atoms with Gasteiger partial charge in [-0.3, -0.25) is 4.79 Å². The number of hydrogen-bond acceptors (Lipinski definition) is 3. The highest BCUT2D eigenvalue weighted by Crippen LogP contribution is 2.13. The quantitative estimate of drug-likeness (QED) is 0.716. The number of carbonyl (C=O) groups is 1.